The van der Waals surface area contributed by atoms with Crippen molar-refractivity contribution in [3.63, 3.8) is 0 Å². The number of phenols is 1. The second-order valence-corrected chi connectivity index (χ2v) is 6.87. The van der Waals surface area contributed by atoms with Crippen LogP contribution in [0.25, 0.3) is 0 Å². The zero-order valence-corrected chi connectivity index (χ0v) is 15.1. The van der Waals surface area contributed by atoms with Crippen molar-refractivity contribution in [1.29, 1.82) is 0 Å². The highest BCUT2D eigenvalue weighted by atomic mass is 16.5. The minimum absolute atomic E-state index is 0.0664. The van der Waals surface area contributed by atoms with E-state index >= 15 is 0 Å². The number of hydrogen-bond donors (Lipinski definition) is 4. The molecular formula is C19H24O8. The first-order chi connectivity index (χ1) is 12.8. The number of carbonyl (C=O) groups is 1. The first kappa shape index (κ1) is 19.6. The van der Waals surface area contributed by atoms with E-state index in [2.05, 4.69) is 0 Å². The fourth-order valence-corrected chi connectivity index (χ4v) is 3.44. The molecule has 4 N–H and O–H groups in total. The second-order valence-electron chi connectivity index (χ2n) is 6.87. The van der Waals surface area contributed by atoms with E-state index in [1.807, 2.05) is 0 Å². The highest BCUT2D eigenvalue weighted by Gasteiger charge is 2.42. The lowest BCUT2D eigenvalue weighted by Gasteiger charge is -2.39. The summed E-state index contributed by atoms with van der Waals surface area (Å²) in [6.45, 7) is 1.68. The molecule has 2 aliphatic rings. The predicted octanol–water partition coefficient (Wildman–Crippen LogP) is 0.819. The van der Waals surface area contributed by atoms with Crippen molar-refractivity contribution in [2.45, 2.75) is 56.4 Å². The first-order valence-electron chi connectivity index (χ1n) is 8.80. The molecule has 1 aromatic rings. The van der Waals surface area contributed by atoms with Crippen LogP contribution in [0.2, 0.25) is 0 Å². The molecule has 2 heterocycles. The Kier molecular flexibility index (Phi) is 5.71. The van der Waals surface area contributed by atoms with Crippen LogP contribution in [-0.2, 0) is 9.47 Å². The molecule has 1 saturated heterocycles. The van der Waals surface area contributed by atoms with Crippen LogP contribution in [-0.4, -0.2) is 64.0 Å². The summed E-state index contributed by atoms with van der Waals surface area (Å²) in [6.07, 6.45) is -2.57. The molecule has 0 amide bonds. The second kappa shape index (κ2) is 7.85. The number of rotatable bonds is 1. The first-order valence-corrected chi connectivity index (χ1v) is 8.80. The number of carbonyl (C=O) groups excluding carboxylic acids is 1. The molecule has 0 spiro atoms. The third-order valence-corrected chi connectivity index (χ3v) is 4.83. The molecule has 8 nitrogen and oxygen atoms in total. The number of phenolic OH excluding ortho intramolecular Hbond substituents is 1. The van der Waals surface area contributed by atoms with Crippen LogP contribution < -0.4 is 4.74 Å². The van der Waals surface area contributed by atoms with Gasteiger partial charge in [0.05, 0.1) is 19.3 Å². The van der Waals surface area contributed by atoms with E-state index in [1.165, 1.54) is 25.3 Å². The van der Waals surface area contributed by atoms with Crippen LogP contribution in [0.3, 0.4) is 0 Å². The maximum Gasteiger partial charge on any atom is 0.342 e. The van der Waals surface area contributed by atoms with E-state index in [1.54, 1.807) is 13.0 Å². The van der Waals surface area contributed by atoms with Crippen LogP contribution in [0.4, 0.5) is 0 Å². The lowest BCUT2D eigenvalue weighted by atomic mass is 9.88. The van der Waals surface area contributed by atoms with Crippen molar-refractivity contribution < 1.29 is 39.4 Å². The number of aliphatic hydroxyl groups excluding tert-OH is 3. The van der Waals surface area contributed by atoms with Gasteiger partial charge in [0.25, 0.3) is 0 Å². The van der Waals surface area contributed by atoms with Gasteiger partial charge in [0.2, 0.25) is 0 Å². The number of aliphatic hydroxyl groups is 3. The van der Waals surface area contributed by atoms with E-state index in [0.29, 0.717) is 6.42 Å². The summed E-state index contributed by atoms with van der Waals surface area (Å²) < 4.78 is 16.3. The molecule has 2 bridgehead atoms. The van der Waals surface area contributed by atoms with Gasteiger partial charge in [0.15, 0.2) is 0 Å². The Morgan fingerprint density at radius 2 is 1.93 bits per heavy atom. The largest absolute Gasteiger partial charge is 0.507 e. The Hall–Kier alpha value is -2.13. The number of fused-ring (bicyclic) bond motifs is 4. The van der Waals surface area contributed by atoms with E-state index in [9.17, 15) is 25.2 Å². The van der Waals surface area contributed by atoms with Crippen LogP contribution in [0.1, 0.15) is 41.8 Å². The molecule has 2 aliphatic heterocycles. The topological polar surface area (TPSA) is 126 Å². The van der Waals surface area contributed by atoms with Gasteiger partial charge < -0.3 is 34.6 Å². The van der Waals surface area contributed by atoms with Crippen molar-refractivity contribution in [1.82, 2.24) is 0 Å². The van der Waals surface area contributed by atoms with Crippen LogP contribution in [0.15, 0.2) is 24.3 Å². The van der Waals surface area contributed by atoms with E-state index in [0.717, 1.165) is 0 Å². The Morgan fingerprint density at radius 1 is 1.19 bits per heavy atom. The molecule has 27 heavy (non-hydrogen) atoms. The fourth-order valence-electron chi connectivity index (χ4n) is 3.44. The summed E-state index contributed by atoms with van der Waals surface area (Å²) in [7, 11) is 1.40. The summed E-state index contributed by atoms with van der Waals surface area (Å²) >= 11 is 0. The van der Waals surface area contributed by atoms with Crippen LogP contribution in [0, 0.1) is 0 Å². The summed E-state index contributed by atoms with van der Waals surface area (Å²) in [5.41, 5.74) is 0.0334. The van der Waals surface area contributed by atoms with Crippen molar-refractivity contribution in [2.75, 3.05) is 7.11 Å². The highest BCUT2D eigenvalue weighted by Crippen LogP contribution is 2.40. The molecule has 0 saturated carbocycles. The van der Waals surface area contributed by atoms with Crippen molar-refractivity contribution in [3.05, 3.63) is 35.4 Å². The number of esters is 1. The molecular weight excluding hydrogens is 356 g/mol. The number of aromatic hydroxyl groups is 1. The van der Waals surface area contributed by atoms with Gasteiger partial charge in [-0.2, -0.15) is 0 Å². The number of hydrogen-bond acceptors (Lipinski definition) is 8. The Morgan fingerprint density at radius 3 is 2.63 bits per heavy atom. The third-order valence-electron chi connectivity index (χ3n) is 4.83. The number of ether oxygens (including phenoxy) is 3. The van der Waals surface area contributed by atoms with Gasteiger partial charge in [0, 0.05) is 24.5 Å². The lowest BCUT2D eigenvalue weighted by molar-refractivity contribution is -0.193. The van der Waals surface area contributed by atoms with Gasteiger partial charge in [-0.25, -0.2) is 4.79 Å². The lowest BCUT2D eigenvalue weighted by Crippen LogP contribution is -2.48. The van der Waals surface area contributed by atoms with E-state index in [4.69, 9.17) is 14.2 Å². The van der Waals surface area contributed by atoms with Gasteiger partial charge in [-0.1, -0.05) is 12.2 Å². The molecule has 3 rings (SSSR count). The summed E-state index contributed by atoms with van der Waals surface area (Å²) in [6, 6.07) is 2.74. The van der Waals surface area contributed by atoms with Crippen molar-refractivity contribution in [2.24, 2.45) is 0 Å². The molecule has 0 unspecified atom stereocenters. The summed E-state index contributed by atoms with van der Waals surface area (Å²) in [5, 5.41) is 41.4. The zero-order valence-electron chi connectivity index (χ0n) is 15.1. The number of benzene rings is 1. The SMILES string of the molecule is COc1cc(O)c2c(c1)[C@@H]1O[C@H]([C@H](O)/C=C/C[C@H](C)OC2=O)[C@@H](O)C[C@H]1O. The van der Waals surface area contributed by atoms with Gasteiger partial charge in [0.1, 0.15) is 41.5 Å². The minimum Gasteiger partial charge on any atom is -0.507 e. The standard InChI is InChI=1S/C19H24O8/c1-9-4-3-5-12(20)18-15(23)8-14(22)17(27-18)11-6-10(25-2)7-13(21)16(11)19(24)26-9/h3,5-7,9,12,14-15,17-18,20-23H,4,8H2,1-2H3/b5-3+/t9-,12+,14+,15-,17-,18+/m0/s1. The van der Waals surface area contributed by atoms with E-state index < -0.39 is 42.6 Å². The van der Waals surface area contributed by atoms with Crippen molar-refractivity contribution >= 4 is 5.97 Å². The van der Waals surface area contributed by atoms with Crippen molar-refractivity contribution in [3.8, 4) is 11.5 Å². The zero-order chi connectivity index (χ0) is 19.7. The fraction of sp³-hybridized carbons (Fsp3) is 0.526. The molecule has 0 aromatic heterocycles. The van der Waals surface area contributed by atoms with Gasteiger partial charge >= 0.3 is 5.97 Å². The average molecular weight is 380 g/mol. The molecule has 6 atom stereocenters. The van der Waals surface area contributed by atoms with Gasteiger partial charge in [-0.3, -0.25) is 0 Å². The molecule has 8 heteroatoms. The molecule has 1 fully saturated rings. The maximum absolute atomic E-state index is 12.7. The molecule has 0 radical (unpaired) electrons. The van der Waals surface area contributed by atoms with Gasteiger partial charge in [-0.15, -0.1) is 0 Å². The maximum atomic E-state index is 12.7. The minimum atomic E-state index is -1.16. The average Bonchev–Trinajstić information content (AvgIpc) is 2.59. The Balaban J connectivity index is 2.14. The quantitative estimate of drug-likeness (QED) is 0.417. The van der Waals surface area contributed by atoms with E-state index in [-0.39, 0.29) is 29.0 Å². The summed E-state index contributed by atoms with van der Waals surface area (Å²) in [5.74, 6) is -0.864. The predicted molar refractivity (Wildman–Crippen MR) is 93.5 cm³/mol. The normalized spacial score (nSPS) is 35.2. The number of cyclic esters (lactones) is 1. The highest BCUT2D eigenvalue weighted by molar-refractivity contribution is 5.94. The Labute approximate surface area is 156 Å². The van der Waals surface area contributed by atoms with Gasteiger partial charge in [-0.05, 0) is 13.0 Å². The third kappa shape index (κ3) is 3.93. The monoisotopic (exact) mass is 380 g/mol. The summed E-state index contributed by atoms with van der Waals surface area (Å²) in [4.78, 5) is 12.7. The molecule has 148 valence electrons. The van der Waals surface area contributed by atoms with Crippen LogP contribution in [0.5, 0.6) is 11.5 Å². The number of methoxy groups -OCH3 is 1. The Bertz CT molecular complexity index is 731. The molecule has 1 aromatic carbocycles. The molecule has 0 aliphatic carbocycles. The smallest absolute Gasteiger partial charge is 0.342 e. The van der Waals surface area contributed by atoms with Crippen LogP contribution >= 0.6 is 0 Å².